The van der Waals surface area contributed by atoms with E-state index in [1.165, 1.54) is 17.1 Å². The molecule has 3 nitrogen and oxygen atoms in total. The molecule has 1 amide bonds. The van der Waals surface area contributed by atoms with Gasteiger partial charge >= 0.3 is 0 Å². The number of ether oxygens (including phenoxy) is 1. The second-order valence-corrected chi connectivity index (χ2v) is 7.67. The molecule has 0 aliphatic carbocycles. The summed E-state index contributed by atoms with van der Waals surface area (Å²) in [5, 5.41) is 2.31. The van der Waals surface area contributed by atoms with Gasteiger partial charge in [0.05, 0.1) is 17.6 Å². The van der Waals surface area contributed by atoms with Gasteiger partial charge in [-0.3, -0.25) is 9.69 Å². The molecule has 24 heavy (non-hydrogen) atoms. The van der Waals surface area contributed by atoms with Crippen molar-refractivity contribution >= 4 is 51.1 Å². The Morgan fingerprint density at radius 1 is 1.25 bits per heavy atom. The van der Waals surface area contributed by atoms with Crippen molar-refractivity contribution in [3.8, 4) is 0 Å². The molecule has 2 aromatic carbocycles. The third-order valence-corrected chi connectivity index (χ3v) is 5.77. The molecule has 0 N–H and O–H groups in total. The number of rotatable bonds is 3. The van der Waals surface area contributed by atoms with Crippen LogP contribution in [0, 0.1) is 0 Å². The van der Waals surface area contributed by atoms with Crippen LogP contribution in [0.25, 0.3) is 16.8 Å². The van der Waals surface area contributed by atoms with Crippen molar-refractivity contribution in [3.05, 3.63) is 52.9 Å². The number of benzene rings is 2. The van der Waals surface area contributed by atoms with E-state index in [4.69, 9.17) is 17.0 Å². The lowest BCUT2D eigenvalue weighted by Crippen LogP contribution is -2.35. The van der Waals surface area contributed by atoms with Crippen LogP contribution >= 0.6 is 24.0 Å². The lowest BCUT2D eigenvalue weighted by Gasteiger charge is -2.18. The third kappa shape index (κ3) is 2.99. The Morgan fingerprint density at radius 3 is 2.92 bits per heavy atom. The maximum atomic E-state index is 12.7. The molecule has 2 fully saturated rings. The monoisotopic (exact) mass is 355 g/mol. The zero-order valence-electron chi connectivity index (χ0n) is 13.1. The largest absolute Gasteiger partial charge is 0.376 e. The number of thioether (sulfide) groups is 1. The van der Waals surface area contributed by atoms with Crippen molar-refractivity contribution in [2.45, 2.75) is 18.9 Å². The summed E-state index contributed by atoms with van der Waals surface area (Å²) in [6.07, 6.45) is 4.13. The minimum absolute atomic E-state index is 0.00608. The van der Waals surface area contributed by atoms with Gasteiger partial charge in [-0.2, -0.15) is 0 Å². The minimum atomic E-state index is -0.00608. The molecule has 0 radical (unpaired) electrons. The van der Waals surface area contributed by atoms with Crippen LogP contribution < -0.4 is 0 Å². The zero-order valence-corrected chi connectivity index (χ0v) is 14.7. The van der Waals surface area contributed by atoms with Gasteiger partial charge in [0.1, 0.15) is 4.32 Å². The summed E-state index contributed by atoms with van der Waals surface area (Å²) < 4.78 is 6.27. The third-order valence-electron chi connectivity index (χ3n) is 4.39. The van der Waals surface area contributed by atoms with Gasteiger partial charge in [-0.05, 0) is 35.3 Å². The molecule has 2 aromatic rings. The number of hydrogen-bond acceptors (Lipinski definition) is 4. The fraction of sp³-hybridized carbons (Fsp3) is 0.263. The van der Waals surface area contributed by atoms with E-state index in [0.717, 1.165) is 30.4 Å². The van der Waals surface area contributed by atoms with E-state index in [-0.39, 0.29) is 12.0 Å². The van der Waals surface area contributed by atoms with Crippen molar-refractivity contribution < 1.29 is 9.53 Å². The molecule has 0 unspecified atom stereocenters. The van der Waals surface area contributed by atoms with Crippen LogP contribution in [0.4, 0.5) is 0 Å². The van der Waals surface area contributed by atoms with Crippen LogP contribution in [0.3, 0.4) is 0 Å². The predicted molar refractivity (Wildman–Crippen MR) is 103 cm³/mol. The average Bonchev–Trinajstić information content (AvgIpc) is 3.20. The van der Waals surface area contributed by atoms with Crippen LogP contribution in [0.1, 0.15) is 18.4 Å². The highest BCUT2D eigenvalue weighted by Crippen LogP contribution is 2.34. The molecule has 2 saturated heterocycles. The first-order chi connectivity index (χ1) is 11.7. The Bertz CT molecular complexity index is 835. The van der Waals surface area contributed by atoms with Gasteiger partial charge in [0, 0.05) is 6.61 Å². The Hall–Kier alpha value is -1.69. The molecule has 2 aliphatic heterocycles. The standard InChI is InChI=1S/C19H17NO2S2/c21-18-17(24-19(23)20(18)12-15-8-4-10-22-15)11-14-7-3-6-13-5-1-2-9-16(13)14/h1-3,5-7,9,11,15H,4,8,10,12H2/b17-11-/t15-/m1/s1. The summed E-state index contributed by atoms with van der Waals surface area (Å²) in [6, 6.07) is 14.3. The molecule has 5 heteroatoms. The number of hydrogen-bond donors (Lipinski definition) is 0. The van der Waals surface area contributed by atoms with Crippen molar-refractivity contribution in [1.82, 2.24) is 4.90 Å². The topological polar surface area (TPSA) is 29.5 Å². The smallest absolute Gasteiger partial charge is 0.266 e. The highest BCUT2D eigenvalue weighted by molar-refractivity contribution is 8.26. The average molecular weight is 355 g/mol. The molecule has 0 aromatic heterocycles. The maximum Gasteiger partial charge on any atom is 0.266 e. The van der Waals surface area contributed by atoms with Crippen LogP contribution in [0.5, 0.6) is 0 Å². The number of thiocarbonyl (C=S) groups is 1. The van der Waals surface area contributed by atoms with Crippen molar-refractivity contribution in [3.63, 3.8) is 0 Å². The first kappa shape index (κ1) is 15.8. The molecular formula is C19H17NO2S2. The van der Waals surface area contributed by atoms with Crippen LogP contribution in [-0.4, -0.2) is 34.4 Å². The van der Waals surface area contributed by atoms with E-state index < -0.39 is 0 Å². The lowest BCUT2D eigenvalue weighted by atomic mass is 10.0. The fourth-order valence-corrected chi connectivity index (χ4v) is 4.43. The quantitative estimate of drug-likeness (QED) is 0.609. The number of carbonyl (C=O) groups is 1. The fourth-order valence-electron chi connectivity index (χ4n) is 3.17. The number of nitrogens with zero attached hydrogens (tertiary/aromatic N) is 1. The summed E-state index contributed by atoms with van der Waals surface area (Å²) in [6.45, 7) is 1.35. The highest BCUT2D eigenvalue weighted by Gasteiger charge is 2.34. The summed E-state index contributed by atoms with van der Waals surface area (Å²) in [5.74, 6) is -0.00608. The lowest BCUT2D eigenvalue weighted by molar-refractivity contribution is -0.123. The van der Waals surface area contributed by atoms with Gasteiger partial charge in [0.15, 0.2) is 0 Å². The molecule has 122 valence electrons. The molecular weight excluding hydrogens is 338 g/mol. The van der Waals surface area contributed by atoms with Crippen LogP contribution in [0.2, 0.25) is 0 Å². The molecule has 4 rings (SSSR count). The van der Waals surface area contributed by atoms with Crippen LogP contribution in [0.15, 0.2) is 47.4 Å². The van der Waals surface area contributed by atoms with E-state index in [0.29, 0.717) is 15.8 Å². The highest BCUT2D eigenvalue weighted by atomic mass is 32.2. The Balaban J connectivity index is 1.62. The molecule has 0 spiro atoms. The second-order valence-electron chi connectivity index (χ2n) is 6.00. The number of carbonyl (C=O) groups excluding carboxylic acids is 1. The normalized spacial score (nSPS) is 22.9. The number of amides is 1. The van der Waals surface area contributed by atoms with Crippen molar-refractivity contribution in [2.24, 2.45) is 0 Å². The Morgan fingerprint density at radius 2 is 2.08 bits per heavy atom. The van der Waals surface area contributed by atoms with Crippen LogP contribution in [-0.2, 0) is 9.53 Å². The Labute approximate surface area is 150 Å². The van der Waals surface area contributed by atoms with E-state index in [9.17, 15) is 4.79 Å². The molecule has 0 bridgehead atoms. The molecule has 2 heterocycles. The van der Waals surface area contributed by atoms with Gasteiger partial charge in [0.25, 0.3) is 5.91 Å². The van der Waals surface area contributed by atoms with Gasteiger partial charge in [-0.25, -0.2) is 0 Å². The first-order valence-electron chi connectivity index (χ1n) is 8.07. The van der Waals surface area contributed by atoms with Gasteiger partial charge < -0.3 is 4.74 Å². The summed E-state index contributed by atoms with van der Waals surface area (Å²) in [7, 11) is 0. The van der Waals surface area contributed by atoms with E-state index in [2.05, 4.69) is 18.2 Å². The molecule has 0 saturated carbocycles. The summed E-state index contributed by atoms with van der Waals surface area (Å²) in [5.41, 5.74) is 1.05. The SMILES string of the molecule is O=C1/C(=C/c2cccc3ccccc23)SC(=S)N1C[C@H]1CCCO1. The Kier molecular flexibility index (Phi) is 4.39. The first-order valence-corrected chi connectivity index (χ1v) is 9.29. The van der Waals surface area contributed by atoms with Gasteiger partial charge in [-0.1, -0.05) is 66.4 Å². The minimum Gasteiger partial charge on any atom is -0.376 e. The van der Waals surface area contributed by atoms with Crippen molar-refractivity contribution in [1.29, 1.82) is 0 Å². The predicted octanol–water partition coefficient (Wildman–Crippen LogP) is 4.22. The second kappa shape index (κ2) is 6.67. The molecule has 2 aliphatic rings. The number of fused-ring (bicyclic) bond motifs is 1. The van der Waals surface area contributed by atoms with Gasteiger partial charge in [0.2, 0.25) is 0 Å². The van der Waals surface area contributed by atoms with E-state index in [1.54, 1.807) is 4.90 Å². The van der Waals surface area contributed by atoms with Gasteiger partial charge in [-0.15, -0.1) is 0 Å². The maximum absolute atomic E-state index is 12.7. The van der Waals surface area contributed by atoms with E-state index >= 15 is 0 Å². The summed E-state index contributed by atoms with van der Waals surface area (Å²) in [4.78, 5) is 15.1. The summed E-state index contributed by atoms with van der Waals surface area (Å²) >= 11 is 6.79. The molecule has 1 atom stereocenters. The van der Waals surface area contributed by atoms with Crippen molar-refractivity contribution in [2.75, 3.05) is 13.2 Å². The zero-order chi connectivity index (χ0) is 16.5. The van der Waals surface area contributed by atoms with E-state index in [1.807, 2.05) is 30.3 Å².